The zero-order valence-electron chi connectivity index (χ0n) is 11.2. The molecule has 0 aliphatic heterocycles. The summed E-state index contributed by atoms with van der Waals surface area (Å²) in [5.74, 6) is 0.546. The number of aromatic nitrogens is 1. The summed E-state index contributed by atoms with van der Waals surface area (Å²) in [6.07, 6.45) is 2.87. The van der Waals surface area contributed by atoms with E-state index in [1.165, 1.54) is 10.9 Å². The van der Waals surface area contributed by atoms with Crippen molar-refractivity contribution < 1.29 is 5.11 Å². The molecule has 3 heteroatoms. The van der Waals surface area contributed by atoms with E-state index in [0.717, 1.165) is 17.5 Å². The molecule has 3 rings (SSSR count). The topological polar surface area (TPSA) is 62.0 Å². The molecule has 1 heterocycles. The number of phenols is 1. The Balaban J connectivity index is 1.93. The average molecular weight is 266 g/mol. The van der Waals surface area contributed by atoms with E-state index in [1.54, 1.807) is 12.1 Å². The summed E-state index contributed by atoms with van der Waals surface area (Å²) in [5.41, 5.74) is 9.45. The summed E-state index contributed by atoms with van der Waals surface area (Å²) < 4.78 is 0. The standard InChI is InChI=1S/C17H18N2O/c18-10-13(8-12-4-3-5-14(20)9-12)16-11-19-17-7-2-1-6-15(16)17/h1-7,9,11,13,19-20H,8,10,18H2. The Morgan fingerprint density at radius 1 is 1.10 bits per heavy atom. The van der Waals surface area contributed by atoms with Crippen LogP contribution in [-0.4, -0.2) is 16.6 Å². The summed E-state index contributed by atoms with van der Waals surface area (Å²) in [6, 6.07) is 15.6. The normalized spacial score (nSPS) is 12.7. The number of para-hydroxylation sites is 1. The molecular formula is C17H18N2O. The van der Waals surface area contributed by atoms with Crippen LogP contribution >= 0.6 is 0 Å². The quantitative estimate of drug-likeness (QED) is 0.679. The van der Waals surface area contributed by atoms with E-state index < -0.39 is 0 Å². The molecule has 0 fully saturated rings. The first-order valence-electron chi connectivity index (χ1n) is 6.82. The number of benzene rings is 2. The number of hydrogen-bond donors (Lipinski definition) is 3. The number of phenolic OH excluding ortho intramolecular Hbond substituents is 1. The van der Waals surface area contributed by atoms with Gasteiger partial charge in [0, 0.05) is 23.0 Å². The smallest absolute Gasteiger partial charge is 0.115 e. The van der Waals surface area contributed by atoms with Crippen LogP contribution in [0.2, 0.25) is 0 Å². The van der Waals surface area contributed by atoms with Gasteiger partial charge in [0.05, 0.1) is 0 Å². The zero-order chi connectivity index (χ0) is 13.9. The molecule has 2 aromatic carbocycles. The van der Waals surface area contributed by atoms with Crippen LogP contribution in [0.3, 0.4) is 0 Å². The third-order valence-electron chi connectivity index (χ3n) is 3.74. The maximum Gasteiger partial charge on any atom is 0.115 e. The average Bonchev–Trinajstić information content (AvgIpc) is 2.89. The van der Waals surface area contributed by atoms with Gasteiger partial charge in [-0.25, -0.2) is 0 Å². The van der Waals surface area contributed by atoms with Crippen LogP contribution in [0.5, 0.6) is 5.75 Å². The fourth-order valence-corrected chi connectivity index (χ4v) is 2.72. The van der Waals surface area contributed by atoms with Gasteiger partial charge >= 0.3 is 0 Å². The lowest BCUT2D eigenvalue weighted by molar-refractivity contribution is 0.474. The molecule has 1 atom stereocenters. The Hall–Kier alpha value is -2.26. The van der Waals surface area contributed by atoms with Crippen molar-refractivity contribution in [2.75, 3.05) is 6.54 Å². The first kappa shape index (κ1) is 12.8. The number of H-pyrrole nitrogens is 1. The van der Waals surface area contributed by atoms with Gasteiger partial charge in [-0.1, -0.05) is 30.3 Å². The Kier molecular flexibility index (Phi) is 3.44. The number of aromatic amines is 1. The number of aromatic hydroxyl groups is 1. The molecule has 0 bridgehead atoms. The summed E-state index contributed by atoms with van der Waals surface area (Å²) in [4.78, 5) is 3.30. The summed E-state index contributed by atoms with van der Waals surface area (Å²) in [6.45, 7) is 0.581. The molecule has 0 aliphatic rings. The number of nitrogens with one attached hydrogen (secondary N) is 1. The van der Waals surface area contributed by atoms with Crippen LogP contribution in [0.25, 0.3) is 10.9 Å². The minimum absolute atomic E-state index is 0.243. The second-order valence-electron chi connectivity index (χ2n) is 5.10. The van der Waals surface area contributed by atoms with Crippen molar-refractivity contribution in [2.24, 2.45) is 5.73 Å². The summed E-state index contributed by atoms with van der Waals surface area (Å²) in [7, 11) is 0. The third kappa shape index (κ3) is 2.40. The van der Waals surface area contributed by atoms with Gasteiger partial charge in [0.1, 0.15) is 5.75 Å². The highest BCUT2D eigenvalue weighted by molar-refractivity contribution is 5.83. The van der Waals surface area contributed by atoms with Crippen LogP contribution in [-0.2, 0) is 6.42 Å². The van der Waals surface area contributed by atoms with Gasteiger partial charge in [-0.05, 0) is 42.3 Å². The van der Waals surface area contributed by atoms with E-state index >= 15 is 0 Å². The molecule has 0 radical (unpaired) electrons. The summed E-state index contributed by atoms with van der Waals surface area (Å²) in [5, 5.41) is 10.8. The predicted molar refractivity (Wildman–Crippen MR) is 81.9 cm³/mol. The number of hydrogen-bond acceptors (Lipinski definition) is 2. The van der Waals surface area contributed by atoms with Gasteiger partial charge in [-0.15, -0.1) is 0 Å². The minimum atomic E-state index is 0.243. The molecule has 1 aromatic heterocycles. The molecule has 3 aromatic rings. The van der Waals surface area contributed by atoms with Crippen molar-refractivity contribution in [2.45, 2.75) is 12.3 Å². The molecular weight excluding hydrogens is 248 g/mol. The number of fused-ring (bicyclic) bond motifs is 1. The lowest BCUT2D eigenvalue weighted by atomic mass is 9.92. The van der Waals surface area contributed by atoms with Crippen molar-refractivity contribution in [1.82, 2.24) is 4.98 Å². The Morgan fingerprint density at radius 3 is 2.75 bits per heavy atom. The molecule has 0 spiro atoms. The van der Waals surface area contributed by atoms with Crippen molar-refractivity contribution in [3.05, 3.63) is 65.9 Å². The largest absolute Gasteiger partial charge is 0.508 e. The van der Waals surface area contributed by atoms with E-state index in [4.69, 9.17) is 5.73 Å². The van der Waals surface area contributed by atoms with Gasteiger partial charge < -0.3 is 15.8 Å². The molecule has 0 aliphatic carbocycles. The second kappa shape index (κ2) is 5.39. The van der Waals surface area contributed by atoms with E-state index in [0.29, 0.717) is 12.3 Å². The Bertz CT molecular complexity index is 718. The Labute approximate surface area is 118 Å². The van der Waals surface area contributed by atoms with Crippen LogP contribution in [0.15, 0.2) is 54.7 Å². The van der Waals surface area contributed by atoms with Crippen molar-refractivity contribution in [3.8, 4) is 5.75 Å². The number of nitrogens with two attached hydrogens (primary N) is 1. The molecule has 20 heavy (non-hydrogen) atoms. The highest BCUT2D eigenvalue weighted by Gasteiger charge is 2.15. The zero-order valence-corrected chi connectivity index (χ0v) is 11.2. The molecule has 0 saturated heterocycles. The molecule has 4 N–H and O–H groups in total. The molecule has 102 valence electrons. The molecule has 0 saturated carbocycles. The van der Waals surface area contributed by atoms with Crippen LogP contribution in [0.4, 0.5) is 0 Å². The summed E-state index contributed by atoms with van der Waals surface area (Å²) >= 11 is 0. The van der Waals surface area contributed by atoms with E-state index in [1.807, 2.05) is 30.5 Å². The van der Waals surface area contributed by atoms with Gasteiger partial charge in [-0.3, -0.25) is 0 Å². The highest BCUT2D eigenvalue weighted by atomic mass is 16.3. The Morgan fingerprint density at radius 2 is 1.95 bits per heavy atom. The van der Waals surface area contributed by atoms with Crippen LogP contribution < -0.4 is 5.73 Å². The highest BCUT2D eigenvalue weighted by Crippen LogP contribution is 2.28. The van der Waals surface area contributed by atoms with Crippen LogP contribution in [0.1, 0.15) is 17.0 Å². The lowest BCUT2D eigenvalue weighted by Gasteiger charge is -2.14. The van der Waals surface area contributed by atoms with Crippen LogP contribution in [0, 0.1) is 0 Å². The fourth-order valence-electron chi connectivity index (χ4n) is 2.72. The SMILES string of the molecule is NCC(Cc1cccc(O)c1)c1c[nH]c2ccccc12. The maximum absolute atomic E-state index is 9.56. The van der Waals surface area contributed by atoms with E-state index in [-0.39, 0.29) is 5.92 Å². The van der Waals surface area contributed by atoms with Gasteiger partial charge in [0.2, 0.25) is 0 Å². The molecule has 1 unspecified atom stereocenters. The van der Waals surface area contributed by atoms with Gasteiger partial charge in [0.25, 0.3) is 0 Å². The van der Waals surface area contributed by atoms with Crippen molar-refractivity contribution in [1.29, 1.82) is 0 Å². The maximum atomic E-state index is 9.56. The van der Waals surface area contributed by atoms with Crippen molar-refractivity contribution >= 4 is 10.9 Å². The van der Waals surface area contributed by atoms with Crippen molar-refractivity contribution in [3.63, 3.8) is 0 Å². The van der Waals surface area contributed by atoms with Gasteiger partial charge in [0.15, 0.2) is 0 Å². The van der Waals surface area contributed by atoms with E-state index in [2.05, 4.69) is 17.1 Å². The first-order chi connectivity index (χ1) is 9.78. The molecule has 3 nitrogen and oxygen atoms in total. The predicted octanol–water partition coefficient (Wildman–Crippen LogP) is 3.16. The fraction of sp³-hybridized carbons (Fsp3) is 0.176. The lowest BCUT2D eigenvalue weighted by Crippen LogP contribution is -2.14. The van der Waals surface area contributed by atoms with Gasteiger partial charge in [-0.2, -0.15) is 0 Å². The third-order valence-corrected chi connectivity index (χ3v) is 3.74. The minimum Gasteiger partial charge on any atom is -0.508 e. The molecule has 0 amide bonds. The number of rotatable bonds is 4. The monoisotopic (exact) mass is 266 g/mol. The first-order valence-corrected chi connectivity index (χ1v) is 6.82. The second-order valence-corrected chi connectivity index (χ2v) is 5.10. The van der Waals surface area contributed by atoms with E-state index in [9.17, 15) is 5.11 Å².